The van der Waals surface area contributed by atoms with Crippen LogP contribution < -0.4 is 5.32 Å². The smallest absolute Gasteiger partial charge is 0.309 e. The first kappa shape index (κ1) is 15.5. The fourth-order valence-electron chi connectivity index (χ4n) is 1.69. The maximum atomic E-state index is 12.9. The summed E-state index contributed by atoms with van der Waals surface area (Å²) in [7, 11) is 0. The molecule has 1 unspecified atom stereocenters. The van der Waals surface area contributed by atoms with E-state index in [0.717, 1.165) is 6.07 Å². The highest BCUT2D eigenvalue weighted by Gasteiger charge is 2.34. The SMILES string of the molecule is CC(NCC(C)(C)C#N)c1ccccc1C(F)(F)F. The van der Waals surface area contributed by atoms with Gasteiger partial charge in [0.1, 0.15) is 0 Å². The third-order valence-corrected chi connectivity index (χ3v) is 2.89. The Labute approximate surface area is 111 Å². The van der Waals surface area contributed by atoms with E-state index in [1.807, 2.05) is 0 Å². The first-order valence-corrected chi connectivity index (χ1v) is 5.98. The van der Waals surface area contributed by atoms with Gasteiger partial charge in [0.2, 0.25) is 0 Å². The van der Waals surface area contributed by atoms with Crippen molar-refractivity contribution < 1.29 is 13.2 Å². The third-order valence-electron chi connectivity index (χ3n) is 2.89. The molecule has 0 saturated carbocycles. The van der Waals surface area contributed by atoms with Gasteiger partial charge in [-0.05, 0) is 32.4 Å². The van der Waals surface area contributed by atoms with Crippen molar-refractivity contribution in [2.75, 3.05) is 6.54 Å². The summed E-state index contributed by atoms with van der Waals surface area (Å²) in [5, 5.41) is 11.9. The van der Waals surface area contributed by atoms with Crippen LogP contribution >= 0.6 is 0 Å². The van der Waals surface area contributed by atoms with Crippen molar-refractivity contribution >= 4 is 0 Å². The normalized spacial score (nSPS) is 13.9. The highest BCUT2D eigenvalue weighted by molar-refractivity contribution is 5.32. The lowest BCUT2D eigenvalue weighted by molar-refractivity contribution is -0.138. The first-order chi connectivity index (χ1) is 8.67. The summed E-state index contributed by atoms with van der Waals surface area (Å²) in [5.41, 5.74) is -1.05. The van der Waals surface area contributed by atoms with E-state index in [1.54, 1.807) is 26.8 Å². The number of nitrogens with zero attached hydrogens (tertiary/aromatic N) is 1. The maximum absolute atomic E-state index is 12.9. The van der Waals surface area contributed by atoms with Crippen molar-refractivity contribution in [3.8, 4) is 6.07 Å². The Hall–Kier alpha value is -1.54. The molecule has 0 bridgehead atoms. The fraction of sp³-hybridized carbons (Fsp3) is 0.500. The average Bonchev–Trinajstić information content (AvgIpc) is 2.35. The van der Waals surface area contributed by atoms with Crippen molar-refractivity contribution in [1.29, 1.82) is 5.26 Å². The van der Waals surface area contributed by atoms with E-state index in [4.69, 9.17) is 5.26 Å². The van der Waals surface area contributed by atoms with E-state index >= 15 is 0 Å². The van der Waals surface area contributed by atoms with Crippen LogP contribution in [0.5, 0.6) is 0 Å². The standard InChI is InChI=1S/C14H17F3N2/c1-10(19-9-13(2,3)8-18)11-6-4-5-7-12(11)14(15,16)17/h4-7,10,19H,9H2,1-3H3. The lowest BCUT2D eigenvalue weighted by atomic mass is 9.94. The first-order valence-electron chi connectivity index (χ1n) is 5.98. The summed E-state index contributed by atoms with van der Waals surface area (Å²) in [6.07, 6.45) is -4.36. The molecule has 1 rings (SSSR count). The Bertz CT molecular complexity index is 472. The lowest BCUT2D eigenvalue weighted by Crippen LogP contribution is -2.31. The van der Waals surface area contributed by atoms with Crippen molar-refractivity contribution in [1.82, 2.24) is 5.32 Å². The van der Waals surface area contributed by atoms with E-state index in [-0.39, 0.29) is 5.56 Å². The molecule has 0 spiro atoms. The fourth-order valence-corrected chi connectivity index (χ4v) is 1.69. The Morgan fingerprint density at radius 1 is 1.26 bits per heavy atom. The summed E-state index contributed by atoms with van der Waals surface area (Å²) < 4.78 is 38.6. The van der Waals surface area contributed by atoms with Crippen LogP contribution in [-0.4, -0.2) is 6.54 Å². The van der Waals surface area contributed by atoms with Crippen LogP contribution in [0.4, 0.5) is 13.2 Å². The number of benzene rings is 1. The lowest BCUT2D eigenvalue weighted by Gasteiger charge is -2.23. The van der Waals surface area contributed by atoms with Gasteiger partial charge in [-0.15, -0.1) is 0 Å². The number of nitriles is 1. The molecule has 0 amide bonds. The minimum Gasteiger partial charge on any atom is -0.309 e. The molecule has 0 aliphatic rings. The molecule has 1 aromatic carbocycles. The molecule has 0 saturated heterocycles. The van der Waals surface area contributed by atoms with Gasteiger partial charge >= 0.3 is 6.18 Å². The summed E-state index contributed by atoms with van der Waals surface area (Å²) >= 11 is 0. The van der Waals surface area contributed by atoms with Gasteiger partial charge in [-0.3, -0.25) is 0 Å². The van der Waals surface area contributed by atoms with E-state index in [2.05, 4.69) is 11.4 Å². The van der Waals surface area contributed by atoms with Gasteiger partial charge in [-0.25, -0.2) is 0 Å². The molecule has 0 aliphatic heterocycles. The largest absolute Gasteiger partial charge is 0.416 e. The number of rotatable bonds is 4. The Balaban J connectivity index is 2.90. The van der Waals surface area contributed by atoms with Crippen molar-refractivity contribution in [2.45, 2.75) is 33.0 Å². The molecular formula is C14H17F3N2. The van der Waals surface area contributed by atoms with Gasteiger partial charge in [0.05, 0.1) is 17.0 Å². The highest BCUT2D eigenvalue weighted by Crippen LogP contribution is 2.34. The molecule has 19 heavy (non-hydrogen) atoms. The van der Waals surface area contributed by atoms with Gasteiger partial charge in [-0.1, -0.05) is 18.2 Å². The van der Waals surface area contributed by atoms with Gasteiger partial charge in [0, 0.05) is 12.6 Å². The van der Waals surface area contributed by atoms with E-state index in [9.17, 15) is 13.2 Å². The molecule has 0 radical (unpaired) electrons. The van der Waals surface area contributed by atoms with Gasteiger partial charge in [0.25, 0.3) is 0 Å². The van der Waals surface area contributed by atoms with Crippen LogP contribution in [0.2, 0.25) is 0 Å². The summed E-state index contributed by atoms with van der Waals surface area (Å²) in [4.78, 5) is 0. The van der Waals surface area contributed by atoms with Crippen molar-refractivity contribution in [3.63, 3.8) is 0 Å². The topological polar surface area (TPSA) is 35.8 Å². The van der Waals surface area contributed by atoms with Crippen LogP contribution in [0, 0.1) is 16.7 Å². The van der Waals surface area contributed by atoms with Crippen LogP contribution in [0.15, 0.2) is 24.3 Å². The number of hydrogen-bond acceptors (Lipinski definition) is 2. The Morgan fingerprint density at radius 3 is 2.37 bits per heavy atom. The Morgan fingerprint density at radius 2 is 1.84 bits per heavy atom. The molecule has 5 heteroatoms. The van der Waals surface area contributed by atoms with Crippen molar-refractivity contribution in [2.24, 2.45) is 5.41 Å². The molecule has 1 atom stereocenters. The predicted octanol–water partition coefficient (Wildman–Crippen LogP) is 3.91. The molecular weight excluding hydrogens is 253 g/mol. The minimum atomic E-state index is -4.36. The summed E-state index contributed by atoms with van der Waals surface area (Å²) in [6, 6.07) is 7.13. The highest BCUT2D eigenvalue weighted by atomic mass is 19.4. The molecule has 0 heterocycles. The molecule has 2 nitrogen and oxygen atoms in total. The zero-order valence-electron chi connectivity index (χ0n) is 11.2. The number of alkyl halides is 3. The predicted molar refractivity (Wildman–Crippen MR) is 67.3 cm³/mol. The van der Waals surface area contributed by atoms with Crippen LogP contribution in [0.25, 0.3) is 0 Å². The van der Waals surface area contributed by atoms with Gasteiger partial charge in [-0.2, -0.15) is 18.4 Å². The number of halogens is 3. The van der Waals surface area contributed by atoms with Gasteiger partial charge in [0.15, 0.2) is 0 Å². The van der Waals surface area contributed by atoms with E-state index in [1.165, 1.54) is 12.1 Å². The molecule has 0 fully saturated rings. The zero-order valence-corrected chi connectivity index (χ0v) is 11.2. The number of nitrogens with one attached hydrogen (secondary N) is 1. The van der Waals surface area contributed by atoms with Gasteiger partial charge < -0.3 is 5.32 Å². The molecule has 1 N–H and O–H groups in total. The third kappa shape index (κ3) is 4.25. The van der Waals surface area contributed by atoms with Crippen LogP contribution in [0.1, 0.15) is 37.9 Å². The average molecular weight is 270 g/mol. The molecule has 1 aromatic rings. The van der Waals surface area contributed by atoms with E-state index in [0.29, 0.717) is 6.54 Å². The molecule has 104 valence electrons. The van der Waals surface area contributed by atoms with E-state index < -0.39 is 23.2 Å². The number of hydrogen-bond donors (Lipinski definition) is 1. The second kappa shape index (κ2) is 5.62. The summed E-state index contributed by atoms with van der Waals surface area (Å²) in [5.74, 6) is 0. The zero-order chi connectivity index (χ0) is 14.7. The van der Waals surface area contributed by atoms with Crippen LogP contribution in [0.3, 0.4) is 0 Å². The summed E-state index contributed by atoms with van der Waals surface area (Å²) in [6.45, 7) is 5.47. The van der Waals surface area contributed by atoms with Crippen molar-refractivity contribution in [3.05, 3.63) is 35.4 Å². The second-order valence-corrected chi connectivity index (χ2v) is 5.18. The quantitative estimate of drug-likeness (QED) is 0.900. The van der Waals surface area contributed by atoms with Crippen LogP contribution in [-0.2, 0) is 6.18 Å². The second-order valence-electron chi connectivity index (χ2n) is 5.18. The molecule has 0 aliphatic carbocycles. The molecule has 0 aromatic heterocycles. The monoisotopic (exact) mass is 270 g/mol. The maximum Gasteiger partial charge on any atom is 0.416 e. The Kier molecular flexibility index (Phi) is 4.59. The minimum absolute atomic E-state index is 0.198.